The lowest BCUT2D eigenvalue weighted by Gasteiger charge is -2.20. The predicted octanol–water partition coefficient (Wildman–Crippen LogP) is 3.47. The molecule has 0 fully saturated rings. The normalized spacial score (nSPS) is 9.96. The van der Waals surface area contributed by atoms with Crippen molar-refractivity contribution in [1.82, 2.24) is 0 Å². The number of alkyl halides is 1. The van der Waals surface area contributed by atoms with Crippen LogP contribution in [-0.2, 0) is 23.9 Å². The average Bonchev–Trinajstić information content (AvgIpc) is 2.54. The Morgan fingerprint density at radius 2 is 1.56 bits per heavy atom. The van der Waals surface area contributed by atoms with Gasteiger partial charge < -0.3 is 20.3 Å². The molecule has 0 aromatic rings. The summed E-state index contributed by atoms with van der Waals surface area (Å²) >= 11 is 5.63. The molecule has 158 valence electrons. The van der Waals surface area contributed by atoms with E-state index in [4.69, 9.17) is 22.4 Å². The molecule has 0 aromatic carbocycles. The summed E-state index contributed by atoms with van der Waals surface area (Å²) in [7, 11) is 1.33. The van der Waals surface area contributed by atoms with E-state index in [1.807, 2.05) is 20.8 Å². The number of esters is 2. The molecular weight excluding hydrogens is 374 g/mol. The SMILES string of the molecule is C=C(C)C(=O)O.C=C(C)C(=O)OC.C=CC(=O)OCC.CC(Cl)C(C)(C)N. The molecule has 0 aliphatic heterocycles. The molecule has 27 heavy (non-hydrogen) atoms. The number of rotatable bonds is 5. The second kappa shape index (κ2) is 18.7. The van der Waals surface area contributed by atoms with Gasteiger partial charge in [-0.2, -0.15) is 0 Å². The molecule has 0 radical (unpaired) electrons. The van der Waals surface area contributed by atoms with Crippen LogP contribution in [0.5, 0.6) is 0 Å². The fraction of sp³-hybridized carbons (Fsp3) is 0.526. The lowest BCUT2D eigenvalue weighted by Crippen LogP contribution is -2.40. The van der Waals surface area contributed by atoms with Gasteiger partial charge in [0.25, 0.3) is 0 Å². The zero-order valence-corrected chi connectivity index (χ0v) is 18.2. The van der Waals surface area contributed by atoms with E-state index in [9.17, 15) is 14.4 Å². The number of carboxylic acids is 1. The summed E-state index contributed by atoms with van der Waals surface area (Å²) in [5.41, 5.74) is 5.92. The third-order valence-electron chi connectivity index (χ3n) is 2.38. The maximum absolute atomic E-state index is 10.2. The zero-order valence-electron chi connectivity index (χ0n) is 17.4. The van der Waals surface area contributed by atoms with Crippen LogP contribution in [-0.4, -0.2) is 47.6 Å². The number of halogens is 1. The molecule has 1 atom stereocenters. The summed E-state index contributed by atoms with van der Waals surface area (Å²) in [6.45, 7) is 20.6. The van der Waals surface area contributed by atoms with Gasteiger partial charge in [0.15, 0.2) is 0 Å². The van der Waals surface area contributed by atoms with Crippen LogP contribution in [0.2, 0.25) is 0 Å². The molecule has 0 spiro atoms. The Hall–Kier alpha value is -2.12. The summed E-state index contributed by atoms with van der Waals surface area (Å²) < 4.78 is 8.71. The van der Waals surface area contributed by atoms with Gasteiger partial charge >= 0.3 is 17.9 Å². The first-order valence-electron chi connectivity index (χ1n) is 7.93. The number of methoxy groups -OCH3 is 1. The molecule has 0 amide bonds. The van der Waals surface area contributed by atoms with E-state index in [2.05, 4.69) is 29.2 Å². The molecule has 8 heteroatoms. The van der Waals surface area contributed by atoms with Gasteiger partial charge in [0.05, 0.1) is 13.7 Å². The standard InChI is InChI=1S/C5H12ClN.2C5H8O2.C4H6O2/c1-4(6)5(2,3)7;1-4(2)5(6)7-3;1-3-5(6)7-4-2;1-3(2)4(5)6/h4H,7H2,1-3H3;1H2,2-3H3;3H,1,4H2,2H3;1H2,2H3,(H,5,6). The zero-order chi connectivity index (χ0) is 22.8. The van der Waals surface area contributed by atoms with Gasteiger partial charge in [-0.1, -0.05) is 19.7 Å². The molecule has 0 saturated heterocycles. The first-order valence-corrected chi connectivity index (χ1v) is 8.36. The highest BCUT2D eigenvalue weighted by Gasteiger charge is 2.16. The predicted molar refractivity (Wildman–Crippen MR) is 110 cm³/mol. The van der Waals surface area contributed by atoms with Crippen molar-refractivity contribution in [3.8, 4) is 0 Å². The molecule has 0 rings (SSSR count). The van der Waals surface area contributed by atoms with Crippen molar-refractivity contribution in [3.05, 3.63) is 37.0 Å². The third kappa shape index (κ3) is 32.1. The first kappa shape index (κ1) is 32.5. The van der Waals surface area contributed by atoms with Crippen LogP contribution in [0.3, 0.4) is 0 Å². The van der Waals surface area contributed by atoms with Crippen LogP contribution in [0, 0.1) is 0 Å². The molecule has 0 aliphatic rings. The third-order valence-corrected chi connectivity index (χ3v) is 2.94. The van der Waals surface area contributed by atoms with Crippen LogP contribution in [0.1, 0.15) is 41.5 Å². The van der Waals surface area contributed by atoms with Crippen LogP contribution >= 0.6 is 11.6 Å². The van der Waals surface area contributed by atoms with Crippen molar-refractivity contribution < 1.29 is 29.0 Å². The molecule has 0 heterocycles. The topological polar surface area (TPSA) is 116 Å². The van der Waals surface area contributed by atoms with Crippen LogP contribution in [0.4, 0.5) is 0 Å². The van der Waals surface area contributed by atoms with Crippen molar-refractivity contribution in [3.63, 3.8) is 0 Å². The molecule has 3 N–H and O–H groups in total. The average molecular weight is 408 g/mol. The summed E-state index contributed by atoms with van der Waals surface area (Å²) in [4.78, 5) is 29.9. The molecule has 7 nitrogen and oxygen atoms in total. The van der Waals surface area contributed by atoms with Crippen molar-refractivity contribution in [2.75, 3.05) is 13.7 Å². The van der Waals surface area contributed by atoms with E-state index in [1.54, 1.807) is 13.8 Å². The Morgan fingerprint density at radius 1 is 1.22 bits per heavy atom. The number of nitrogens with two attached hydrogens (primary N) is 1. The van der Waals surface area contributed by atoms with Crippen molar-refractivity contribution in [1.29, 1.82) is 0 Å². The number of carbonyl (C=O) groups is 3. The van der Waals surface area contributed by atoms with Crippen molar-refractivity contribution in [2.24, 2.45) is 5.73 Å². The fourth-order valence-corrected chi connectivity index (χ4v) is 0.375. The smallest absolute Gasteiger partial charge is 0.332 e. The minimum absolute atomic E-state index is 0.0486. The summed E-state index contributed by atoms with van der Waals surface area (Å²) in [6.07, 6.45) is 1.14. The fourth-order valence-electron chi connectivity index (χ4n) is 0.375. The Labute approximate surface area is 167 Å². The quantitative estimate of drug-likeness (QED) is 0.407. The molecule has 0 saturated carbocycles. The van der Waals surface area contributed by atoms with Crippen LogP contribution in [0.25, 0.3) is 0 Å². The number of hydrogen-bond acceptors (Lipinski definition) is 6. The number of aliphatic carboxylic acids is 1. The second-order valence-electron chi connectivity index (χ2n) is 5.75. The van der Waals surface area contributed by atoms with Gasteiger partial charge in [0, 0.05) is 28.1 Å². The van der Waals surface area contributed by atoms with Gasteiger partial charge in [-0.25, -0.2) is 14.4 Å². The second-order valence-corrected chi connectivity index (χ2v) is 6.41. The summed E-state index contributed by atoms with van der Waals surface area (Å²) in [5.74, 6) is -1.64. The van der Waals surface area contributed by atoms with Gasteiger partial charge in [0.2, 0.25) is 0 Å². The molecule has 1 unspecified atom stereocenters. The molecular formula is C19H34ClNO6. The summed E-state index contributed by atoms with van der Waals surface area (Å²) in [6, 6.07) is 0. The highest BCUT2D eigenvalue weighted by Crippen LogP contribution is 2.09. The van der Waals surface area contributed by atoms with Crippen molar-refractivity contribution >= 4 is 29.5 Å². The number of hydrogen-bond donors (Lipinski definition) is 2. The van der Waals surface area contributed by atoms with Gasteiger partial charge in [-0.05, 0) is 41.5 Å². The van der Waals surface area contributed by atoms with E-state index in [0.29, 0.717) is 12.2 Å². The molecule has 0 aliphatic carbocycles. The van der Waals surface area contributed by atoms with Crippen LogP contribution < -0.4 is 5.73 Å². The highest BCUT2D eigenvalue weighted by atomic mass is 35.5. The van der Waals surface area contributed by atoms with E-state index in [0.717, 1.165) is 6.08 Å². The van der Waals surface area contributed by atoms with E-state index < -0.39 is 5.97 Å². The minimum Gasteiger partial charge on any atom is -0.478 e. The van der Waals surface area contributed by atoms with Crippen LogP contribution in [0.15, 0.2) is 37.0 Å². The van der Waals surface area contributed by atoms with Gasteiger partial charge in [-0.15, -0.1) is 11.6 Å². The lowest BCUT2D eigenvalue weighted by molar-refractivity contribution is -0.137. The number of ether oxygens (including phenoxy) is 2. The Bertz CT molecular complexity index is 479. The van der Waals surface area contributed by atoms with Gasteiger partial charge in [0.1, 0.15) is 0 Å². The Balaban J connectivity index is -0.000000131. The maximum atomic E-state index is 10.2. The molecule has 0 aromatic heterocycles. The minimum atomic E-state index is -0.935. The Morgan fingerprint density at radius 3 is 1.59 bits per heavy atom. The van der Waals surface area contributed by atoms with E-state index in [-0.39, 0.29) is 28.4 Å². The van der Waals surface area contributed by atoms with E-state index >= 15 is 0 Å². The largest absolute Gasteiger partial charge is 0.478 e. The maximum Gasteiger partial charge on any atom is 0.332 e. The Kier molecular flexibility index (Phi) is 22.5. The first-order chi connectivity index (χ1) is 12.1. The monoisotopic (exact) mass is 407 g/mol. The van der Waals surface area contributed by atoms with Gasteiger partial charge in [-0.3, -0.25) is 0 Å². The lowest BCUT2D eigenvalue weighted by atomic mass is 10.0. The van der Waals surface area contributed by atoms with Crippen molar-refractivity contribution in [2.45, 2.75) is 52.5 Å². The summed E-state index contributed by atoms with van der Waals surface area (Å²) in [5, 5.41) is 7.94. The van der Waals surface area contributed by atoms with E-state index in [1.165, 1.54) is 14.0 Å². The highest BCUT2D eigenvalue weighted by molar-refractivity contribution is 6.21. The number of carbonyl (C=O) groups excluding carboxylic acids is 2. The molecule has 0 bridgehead atoms. The number of carboxylic acid groups (broad SMARTS) is 1.